The van der Waals surface area contributed by atoms with Gasteiger partial charge in [0, 0.05) is 0 Å². The van der Waals surface area contributed by atoms with Crippen molar-refractivity contribution in [1.29, 1.82) is 0 Å². The van der Waals surface area contributed by atoms with Crippen LogP contribution in [0, 0.1) is 0 Å². The largest absolute Gasteiger partial charge is 0.506 e. The summed E-state index contributed by atoms with van der Waals surface area (Å²) in [5.74, 6) is -0.259. The fourth-order valence-electron chi connectivity index (χ4n) is 1.58. The highest BCUT2D eigenvalue weighted by Crippen LogP contribution is 2.20. The monoisotopic (exact) mass is 257 g/mol. The highest BCUT2D eigenvalue weighted by Gasteiger charge is 2.05. The molecule has 98 valence electrons. The van der Waals surface area contributed by atoms with Gasteiger partial charge in [0.2, 0.25) is 0 Å². The molecule has 0 bridgehead atoms. The van der Waals surface area contributed by atoms with Crippen molar-refractivity contribution in [3.8, 4) is 5.75 Å². The molecule has 0 unspecified atom stereocenters. The van der Waals surface area contributed by atoms with E-state index in [1.807, 2.05) is 30.3 Å². The van der Waals surface area contributed by atoms with Crippen LogP contribution in [0.4, 0.5) is 5.69 Å². The molecule has 2 rings (SSSR count). The number of carbonyl (C=O) groups is 1. The second kappa shape index (κ2) is 6.44. The molecule has 0 saturated carbocycles. The van der Waals surface area contributed by atoms with Gasteiger partial charge in [-0.25, -0.2) is 0 Å². The van der Waals surface area contributed by atoms with Crippen molar-refractivity contribution >= 4 is 11.7 Å². The summed E-state index contributed by atoms with van der Waals surface area (Å²) >= 11 is 0. The highest BCUT2D eigenvalue weighted by molar-refractivity contribution is 5.75. The zero-order chi connectivity index (χ0) is 13.5. The SMILES string of the molecule is O=C(CNc1ccccc1O)OCc1ccccc1. The molecule has 2 aromatic carbocycles. The number of esters is 1. The first-order valence-electron chi connectivity index (χ1n) is 5.97. The van der Waals surface area contributed by atoms with Crippen LogP contribution in [0.2, 0.25) is 0 Å². The Kier molecular flexibility index (Phi) is 4.39. The topological polar surface area (TPSA) is 58.6 Å². The zero-order valence-corrected chi connectivity index (χ0v) is 10.4. The molecule has 0 aliphatic rings. The first-order chi connectivity index (χ1) is 9.25. The molecule has 0 saturated heterocycles. The number of nitrogens with one attached hydrogen (secondary N) is 1. The maximum atomic E-state index is 11.5. The molecule has 4 heteroatoms. The third-order valence-electron chi connectivity index (χ3n) is 2.57. The number of para-hydroxylation sites is 2. The average molecular weight is 257 g/mol. The van der Waals surface area contributed by atoms with Crippen LogP contribution in [0.1, 0.15) is 5.56 Å². The van der Waals surface area contributed by atoms with Crippen molar-refractivity contribution < 1.29 is 14.6 Å². The van der Waals surface area contributed by atoms with Gasteiger partial charge in [-0.2, -0.15) is 0 Å². The van der Waals surface area contributed by atoms with Gasteiger partial charge < -0.3 is 15.2 Å². The second-order valence-electron chi connectivity index (χ2n) is 4.02. The fourth-order valence-corrected chi connectivity index (χ4v) is 1.58. The second-order valence-corrected chi connectivity index (χ2v) is 4.02. The number of carbonyl (C=O) groups excluding carboxylic acids is 1. The van der Waals surface area contributed by atoms with Crippen LogP contribution in [0.3, 0.4) is 0 Å². The lowest BCUT2D eigenvalue weighted by Crippen LogP contribution is -2.16. The number of rotatable bonds is 5. The van der Waals surface area contributed by atoms with Crippen molar-refractivity contribution in [2.75, 3.05) is 11.9 Å². The minimum absolute atomic E-state index is 0.0183. The smallest absolute Gasteiger partial charge is 0.325 e. The normalized spacial score (nSPS) is 9.89. The van der Waals surface area contributed by atoms with E-state index in [1.54, 1.807) is 24.3 Å². The summed E-state index contributed by atoms with van der Waals surface area (Å²) in [5, 5.41) is 12.3. The summed E-state index contributed by atoms with van der Waals surface area (Å²) in [6.45, 7) is 0.270. The number of ether oxygens (including phenoxy) is 1. The molecule has 2 aromatic rings. The van der Waals surface area contributed by atoms with Crippen LogP contribution in [-0.2, 0) is 16.1 Å². The van der Waals surface area contributed by atoms with Crippen molar-refractivity contribution in [2.24, 2.45) is 0 Å². The molecule has 0 atom stereocenters. The van der Waals surface area contributed by atoms with Gasteiger partial charge in [0.05, 0.1) is 5.69 Å². The van der Waals surface area contributed by atoms with Crippen molar-refractivity contribution in [3.05, 3.63) is 60.2 Å². The molecule has 0 aliphatic heterocycles. The molecule has 0 radical (unpaired) electrons. The number of hydrogen-bond donors (Lipinski definition) is 2. The van der Waals surface area contributed by atoms with Crippen LogP contribution in [-0.4, -0.2) is 17.6 Å². The van der Waals surface area contributed by atoms with Crippen molar-refractivity contribution in [2.45, 2.75) is 6.61 Å². The summed E-state index contributed by atoms with van der Waals surface area (Å²) in [7, 11) is 0. The van der Waals surface area contributed by atoms with Gasteiger partial charge in [0.1, 0.15) is 18.9 Å². The molecule has 2 N–H and O–H groups in total. The molecule has 4 nitrogen and oxygen atoms in total. The Morgan fingerprint density at radius 2 is 1.74 bits per heavy atom. The van der Waals surface area contributed by atoms with Gasteiger partial charge in [0.15, 0.2) is 0 Å². The summed E-state index contributed by atoms with van der Waals surface area (Å²) in [5.41, 5.74) is 1.46. The number of phenolic OH excluding ortho intramolecular Hbond substituents is 1. The Bertz CT molecular complexity index is 540. The maximum absolute atomic E-state index is 11.5. The number of phenols is 1. The number of hydrogen-bond acceptors (Lipinski definition) is 4. The van der Waals surface area contributed by atoms with Crippen LogP contribution < -0.4 is 5.32 Å². The van der Waals surface area contributed by atoms with E-state index in [-0.39, 0.29) is 24.9 Å². The molecule has 0 fully saturated rings. The average Bonchev–Trinajstić information content (AvgIpc) is 2.45. The summed E-state index contributed by atoms with van der Waals surface area (Å²) < 4.78 is 5.11. The minimum atomic E-state index is -0.368. The van der Waals surface area contributed by atoms with E-state index in [0.717, 1.165) is 5.56 Å². The van der Waals surface area contributed by atoms with Gasteiger partial charge in [0.25, 0.3) is 0 Å². The molecular formula is C15H15NO3. The lowest BCUT2D eigenvalue weighted by atomic mass is 10.2. The molecule has 0 aliphatic carbocycles. The minimum Gasteiger partial charge on any atom is -0.506 e. The Labute approximate surface area is 111 Å². The third-order valence-corrected chi connectivity index (χ3v) is 2.57. The van der Waals surface area contributed by atoms with E-state index in [2.05, 4.69) is 5.32 Å². The first kappa shape index (κ1) is 13.0. The van der Waals surface area contributed by atoms with E-state index in [1.165, 1.54) is 0 Å². The van der Waals surface area contributed by atoms with E-state index >= 15 is 0 Å². The van der Waals surface area contributed by atoms with E-state index in [4.69, 9.17) is 4.74 Å². The van der Waals surface area contributed by atoms with E-state index in [0.29, 0.717) is 5.69 Å². The lowest BCUT2D eigenvalue weighted by Gasteiger charge is -2.08. The van der Waals surface area contributed by atoms with Crippen LogP contribution in [0.5, 0.6) is 5.75 Å². The van der Waals surface area contributed by atoms with Crippen molar-refractivity contribution in [1.82, 2.24) is 0 Å². The molecule has 0 aromatic heterocycles. The fraction of sp³-hybridized carbons (Fsp3) is 0.133. The van der Waals surface area contributed by atoms with E-state index < -0.39 is 0 Å². The molecular weight excluding hydrogens is 242 g/mol. The van der Waals surface area contributed by atoms with Gasteiger partial charge >= 0.3 is 5.97 Å². The van der Waals surface area contributed by atoms with Gasteiger partial charge in [-0.1, -0.05) is 42.5 Å². The standard InChI is InChI=1S/C15H15NO3/c17-14-9-5-4-8-13(14)16-10-15(18)19-11-12-6-2-1-3-7-12/h1-9,16-17H,10-11H2. The number of aromatic hydroxyl groups is 1. The summed E-state index contributed by atoms with van der Waals surface area (Å²) in [4.78, 5) is 11.5. The third kappa shape index (κ3) is 4.03. The molecule has 0 amide bonds. The number of anilines is 1. The maximum Gasteiger partial charge on any atom is 0.325 e. The highest BCUT2D eigenvalue weighted by atomic mass is 16.5. The first-order valence-corrected chi connectivity index (χ1v) is 5.97. The van der Waals surface area contributed by atoms with Crippen LogP contribution in [0.15, 0.2) is 54.6 Å². The quantitative estimate of drug-likeness (QED) is 0.638. The van der Waals surface area contributed by atoms with Gasteiger partial charge in [-0.05, 0) is 17.7 Å². The van der Waals surface area contributed by atoms with E-state index in [9.17, 15) is 9.90 Å². The number of benzene rings is 2. The van der Waals surface area contributed by atoms with Crippen molar-refractivity contribution in [3.63, 3.8) is 0 Å². The molecule has 0 spiro atoms. The molecule has 0 heterocycles. The summed E-state index contributed by atoms with van der Waals surface area (Å²) in [6.07, 6.45) is 0. The lowest BCUT2D eigenvalue weighted by molar-refractivity contribution is -0.142. The zero-order valence-electron chi connectivity index (χ0n) is 10.4. The predicted molar refractivity (Wildman–Crippen MR) is 72.8 cm³/mol. The Morgan fingerprint density at radius 3 is 2.47 bits per heavy atom. The van der Waals surface area contributed by atoms with Gasteiger partial charge in [-0.3, -0.25) is 4.79 Å². The van der Waals surface area contributed by atoms with Crippen LogP contribution in [0.25, 0.3) is 0 Å². The van der Waals surface area contributed by atoms with Crippen LogP contribution >= 0.6 is 0 Å². The Balaban J connectivity index is 1.78. The molecule has 19 heavy (non-hydrogen) atoms. The Hall–Kier alpha value is -2.49. The summed E-state index contributed by atoms with van der Waals surface area (Å²) in [6, 6.07) is 16.2. The Morgan fingerprint density at radius 1 is 1.05 bits per heavy atom. The predicted octanol–water partition coefficient (Wildman–Crippen LogP) is 2.55. The van der Waals surface area contributed by atoms with Gasteiger partial charge in [-0.15, -0.1) is 0 Å².